The van der Waals surface area contributed by atoms with E-state index in [1.807, 2.05) is 29.3 Å². The summed E-state index contributed by atoms with van der Waals surface area (Å²) in [4.78, 5) is 44.9. The number of likely N-dealkylation sites (tertiary alicyclic amines) is 1. The van der Waals surface area contributed by atoms with E-state index in [9.17, 15) is 14.7 Å². The van der Waals surface area contributed by atoms with Gasteiger partial charge in [-0.2, -0.15) is 0 Å². The lowest BCUT2D eigenvalue weighted by Crippen LogP contribution is -2.56. The molecule has 2 aliphatic heterocycles. The van der Waals surface area contributed by atoms with Gasteiger partial charge in [-0.05, 0) is 51.0 Å². The van der Waals surface area contributed by atoms with Gasteiger partial charge in [-0.25, -0.2) is 14.8 Å². The number of hydrogen-bond donors (Lipinski definition) is 2. The molecule has 3 aromatic heterocycles. The van der Waals surface area contributed by atoms with Crippen LogP contribution >= 0.6 is 0 Å². The zero-order valence-corrected chi connectivity index (χ0v) is 20.1. The third-order valence-electron chi connectivity index (χ3n) is 6.67. The fourth-order valence-electron chi connectivity index (χ4n) is 4.85. The average molecular weight is 476 g/mol. The van der Waals surface area contributed by atoms with Crippen LogP contribution in [0.5, 0.6) is 0 Å². The van der Waals surface area contributed by atoms with E-state index in [1.165, 1.54) is 13.8 Å². The Morgan fingerprint density at radius 1 is 1.11 bits per heavy atom. The van der Waals surface area contributed by atoms with Gasteiger partial charge in [0.05, 0.1) is 23.4 Å². The highest BCUT2D eigenvalue weighted by atomic mass is 16.3. The van der Waals surface area contributed by atoms with Gasteiger partial charge in [-0.1, -0.05) is 0 Å². The van der Waals surface area contributed by atoms with Crippen LogP contribution in [-0.2, 0) is 11.3 Å². The van der Waals surface area contributed by atoms with Crippen molar-refractivity contribution in [1.82, 2.24) is 24.8 Å². The zero-order valence-electron chi connectivity index (χ0n) is 20.1. The van der Waals surface area contributed by atoms with Gasteiger partial charge in [-0.15, -0.1) is 0 Å². The maximum atomic E-state index is 13.5. The molecule has 3 N–H and O–H groups in total. The summed E-state index contributed by atoms with van der Waals surface area (Å²) in [7, 11) is 1.78. The van der Waals surface area contributed by atoms with E-state index in [0.717, 1.165) is 22.5 Å². The Kier molecular flexibility index (Phi) is 5.55. The number of hydrogen-bond acceptors (Lipinski definition) is 7. The summed E-state index contributed by atoms with van der Waals surface area (Å²) in [5, 5.41) is 10.1. The van der Waals surface area contributed by atoms with Gasteiger partial charge in [0.1, 0.15) is 16.9 Å². The molecule has 0 saturated carbocycles. The van der Waals surface area contributed by atoms with Crippen LogP contribution in [0.3, 0.4) is 0 Å². The number of pyridine rings is 3. The van der Waals surface area contributed by atoms with E-state index in [-0.39, 0.29) is 18.0 Å². The van der Waals surface area contributed by atoms with Crippen LogP contribution in [0.25, 0.3) is 22.3 Å². The van der Waals surface area contributed by atoms with Gasteiger partial charge in [0.25, 0.3) is 5.91 Å². The summed E-state index contributed by atoms with van der Waals surface area (Å²) in [6.07, 6.45) is 4.70. The summed E-state index contributed by atoms with van der Waals surface area (Å²) in [5.74, 6) is 0.138. The van der Waals surface area contributed by atoms with Crippen LogP contribution < -0.4 is 10.6 Å². The molecule has 1 saturated heterocycles. The predicted octanol–water partition coefficient (Wildman–Crippen LogP) is 2.41. The Bertz CT molecular complexity index is 1290. The Balaban J connectivity index is 1.54. The van der Waals surface area contributed by atoms with Crippen LogP contribution in [0, 0.1) is 0 Å². The highest BCUT2D eigenvalue weighted by molar-refractivity contribution is 6.04. The highest BCUT2D eigenvalue weighted by Gasteiger charge is 2.39. The number of piperidine rings is 1. The number of rotatable bonds is 3. The standard InChI is InChI=1S/C25H29N7O3/c1-25(2,35)23(33)31-10-8-17(9-11-31)32-22-16(14-30(3)24(32)34)13-27-19-6-5-18(29-21(19)22)15-4-7-20(26)28-12-15/h4-7,12-13,17,35H,8-11,14H2,1-3H3,(H2,26,28). The Hall–Kier alpha value is -3.79. The van der Waals surface area contributed by atoms with Crippen molar-refractivity contribution in [1.29, 1.82) is 0 Å². The molecule has 0 aliphatic carbocycles. The van der Waals surface area contributed by atoms with E-state index < -0.39 is 5.60 Å². The molecule has 35 heavy (non-hydrogen) atoms. The first-order valence-corrected chi connectivity index (χ1v) is 11.7. The van der Waals surface area contributed by atoms with E-state index in [1.54, 1.807) is 29.1 Å². The minimum atomic E-state index is -1.42. The molecular formula is C25H29N7O3. The number of nitrogen functional groups attached to an aromatic ring is 1. The molecule has 0 bridgehead atoms. The number of aliphatic hydroxyl groups is 1. The Labute approximate surface area is 203 Å². The number of aromatic nitrogens is 3. The van der Waals surface area contributed by atoms with Crippen molar-refractivity contribution in [2.75, 3.05) is 30.8 Å². The van der Waals surface area contributed by atoms with Crippen molar-refractivity contribution >= 4 is 34.5 Å². The minimum Gasteiger partial charge on any atom is -0.384 e. The maximum Gasteiger partial charge on any atom is 0.324 e. The van der Waals surface area contributed by atoms with Crippen molar-refractivity contribution in [2.24, 2.45) is 0 Å². The third kappa shape index (κ3) is 4.14. The first-order valence-electron chi connectivity index (χ1n) is 11.7. The SMILES string of the molecule is CN1Cc2cnc3ccc(-c4ccc(N)nc4)nc3c2N(C2CCN(C(=O)C(C)(C)O)CC2)C1=O. The predicted molar refractivity (Wildman–Crippen MR) is 132 cm³/mol. The second kappa shape index (κ2) is 8.46. The molecular weight excluding hydrogens is 446 g/mol. The van der Waals surface area contributed by atoms with Gasteiger partial charge in [-0.3, -0.25) is 14.7 Å². The third-order valence-corrected chi connectivity index (χ3v) is 6.67. The smallest absolute Gasteiger partial charge is 0.324 e. The van der Waals surface area contributed by atoms with E-state index >= 15 is 0 Å². The second-order valence-corrected chi connectivity index (χ2v) is 9.76. The lowest BCUT2D eigenvalue weighted by Gasteiger charge is -2.43. The molecule has 182 valence electrons. The number of nitrogens with zero attached hydrogens (tertiary/aromatic N) is 6. The number of fused-ring (bicyclic) bond motifs is 3. The fourth-order valence-corrected chi connectivity index (χ4v) is 4.85. The Morgan fingerprint density at radius 3 is 2.51 bits per heavy atom. The molecule has 5 heterocycles. The Morgan fingerprint density at radius 2 is 1.86 bits per heavy atom. The molecule has 0 aromatic carbocycles. The summed E-state index contributed by atoms with van der Waals surface area (Å²) >= 11 is 0. The molecule has 0 radical (unpaired) electrons. The molecule has 10 heteroatoms. The van der Waals surface area contributed by atoms with E-state index in [0.29, 0.717) is 49.3 Å². The van der Waals surface area contributed by atoms with Crippen molar-refractivity contribution in [3.63, 3.8) is 0 Å². The summed E-state index contributed by atoms with van der Waals surface area (Å²) in [6.45, 7) is 4.38. The van der Waals surface area contributed by atoms with Crippen LogP contribution in [0.2, 0.25) is 0 Å². The van der Waals surface area contributed by atoms with Crippen molar-refractivity contribution in [2.45, 2.75) is 44.9 Å². The van der Waals surface area contributed by atoms with Crippen molar-refractivity contribution < 1.29 is 14.7 Å². The number of anilines is 2. The van der Waals surface area contributed by atoms with Crippen LogP contribution in [0.15, 0.2) is 36.7 Å². The number of carbonyl (C=O) groups excluding carboxylic acids is 2. The van der Waals surface area contributed by atoms with Gasteiger partial charge in [0, 0.05) is 49.7 Å². The number of nitrogens with two attached hydrogens (primary N) is 1. The van der Waals surface area contributed by atoms with Gasteiger partial charge >= 0.3 is 6.03 Å². The highest BCUT2D eigenvalue weighted by Crippen LogP contribution is 2.38. The molecule has 1 fully saturated rings. The first-order chi connectivity index (χ1) is 16.6. The van der Waals surface area contributed by atoms with E-state index in [4.69, 9.17) is 10.7 Å². The summed E-state index contributed by atoms with van der Waals surface area (Å²) < 4.78 is 0. The van der Waals surface area contributed by atoms with Gasteiger partial charge in [0.2, 0.25) is 0 Å². The molecule has 0 unspecified atom stereocenters. The van der Waals surface area contributed by atoms with Gasteiger partial charge in [0.15, 0.2) is 0 Å². The normalized spacial score (nSPS) is 17.1. The summed E-state index contributed by atoms with van der Waals surface area (Å²) in [5.41, 5.74) is 8.93. The topological polar surface area (TPSA) is 129 Å². The zero-order chi connectivity index (χ0) is 24.9. The number of urea groups is 1. The average Bonchev–Trinajstić information content (AvgIpc) is 2.84. The molecule has 10 nitrogen and oxygen atoms in total. The number of amides is 3. The largest absolute Gasteiger partial charge is 0.384 e. The molecule has 0 spiro atoms. The monoisotopic (exact) mass is 475 g/mol. The van der Waals surface area contributed by atoms with Crippen molar-refractivity contribution in [3.8, 4) is 11.3 Å². The molecule has 2 aliphatic rings. The van der Waals surface area contributed by atoms with Crippen LogP contribution in [-0.4, -0.2) is 73.6 Å². The molecule has 0 atom stereocenters. The van der Waals surface area contributed by atoms with Crippen LogP contribution in [0.1, 0.15) is 32.3 Å². The quantitative estimate of drug-likeness (QED) is 0.595. The second-order valence-electron chi connectivity index (χ2n) is 9.76. The fraction of sp³-hybridized carbons (Fsp3) is 0.400. The van der Waals surface area contributed by atoms with Crippen LogP contribution in [0.4, 0.5) is 16.3 Å². The molecule has 3 aromatic rings. The molecule has 5 rings (SSSR count). The summed E-state index contributed by atoms with van der Waals surface area (Å²) in [6, 6.07) is 7.18. The lowest BCUT2D eigenvalue weighted by molar-refractivity contribution is -0.148. The number of carbonyl (C=O) groups is 2. The maximum absolute atomic E-state index is 13.5. The van der Waals surface area contributed by atoms with Gasteiger partial charge < -0.3 is 20.6 Å². The molecule has 3 amide bonds. The first kappa shape index (κ1) is 23.0. The van der Waals surface area contributed by atoms with E-state index in [2.05, 4.69) is 9.97 Å². The lowest BCUT2D eigenvalue weighted by atomic mass is 9.98. The minimum absolute atomic E-state index is 0.0985. The van der Waals surface area contributed by atoms with Crippen molar-refractivity contribution in [3.05, 3.63) is 42.2 Å².